The molecule has 1 aromatic rings. The van der Waals surface area contributed by atoms with E-state index in [1.54, 1.807) is 0 Å². The van der Waals surface area contributed by atoms with Crippen molar-refractivity contribution < 1.29 is 4.74 Å². The third-order valence-electron chi connectivity index (χ3n) is 3.86. The van der Waals surface area contributed by atoms with Gasteiger partial charge in [-0.05, 0) is 25.3 Å². The molecule has 2 aliphatic heterocycles. The molecular weight excluding hydrogens is 226 g/mol. The lowest BCUT2D eigenvalue weighted by molar-refractivity contribution is 0.217. The van der Waals surface area contributed by atoms with Crippen LogP contribution in [0.4, 0.5) is 5.69 Å². The van der Waals surface area contributed by atoms with E-state index in [4.69, 9.17) is 4.74 Å². The molecule has 0 bridgehead atoms. The summed E-state index contributed by atoms with van der Waals surface area (Å²) in [5, 5.41) is 3.34. The molecule has 0 saturated carbocycles. The van der Waals surface area contributed by atoms with Crippen molar-refractivity contribution in [2.45, 2.75) is 25.8 Å². The lowest BCUT2D eigenvalue weighted by Gasteiger charge is -2.27. The maximum absolute atomic E-state index is 5.79. The van der Waals surface area contributed by atoms with Gasteiger partial charge in [-0.3, -0.25) is 4.98 Å². The minimum absolute atomic E-state index is 0.528. The number of hydrogen-bond acceptors (Lipinski definition) is 4. The van der Waals surface area contributed by atoms with Crippen LogP contribution in [-0.2, 0) is 0 Å². The number of rotatable bonds is 4. The molecule has 4 heteroatoms. The summed E-state index contributed by atoms with van der Waals surface area (Å²) < 4.78 is 5.79. The van der Waals surface area contributed by atoms with Crippen molar-refractivity contribution in [3.63, 3.8) is 0 Å². The minimum Gasteiger partial charge on any atom is -0.490 e. The van der Waals surface area contributed by atoms with Crippen molar-refractivity contribution in [3.8, 4) is 5.75 Å². The topological polar surface area (TPSA) is 37.4 Å². The molecule has 1 unspecified atom stereocenters. The van der Waals surface area contributed by atoms with Crippen molar-refractivity contribution >= 4 is 5.69 Å². The van der Waals surface area contributed by atoms with Gasteiger partial charge in [0.1, 0.15) is 12.4 Å². The Bertz CT molecular complexity index is 406. The summed E-state index contributed by atoms with van der Waals surface area (Å²) in [6.07, 6.45) is 6.24. The van der Waals surface area contributed by atoms with Gasteiger partial charge < -0.3 is 15.0 Å². The molecule has 2 fully saturated rings. The van der Waals surface area contributed by atoms with Crippen molar-refractivity contribution in [1.29, 1.82) is 0 Å². The molecule has 3 rings (SSSR count). The fourth-order valence-corrected chi connectivity index (χ4v) is 2.52. The Morgan fingerprint density at radius 1 is 1.44 bits per heavy atom. The van der Waals surface area contributed by atoms with E-state index in [1.165, 1.54) is 18.5 Å². The van der Waals surface area contributed by atoms with Gasteiger partial charge in [0, 0.05) is 25.2 Å². The standard InChI is InChI=1S/C14H21N3O/c1-11-3-5-17(9-11)13-6-14(8-15-7-13)18-10-12-2-4-16-12/h6-8,11-12,16H,2-5,9-10H2,1H3/t11?,12-/m0/s1. The zero-order valence-electron chi connectivity index (χ0n) is 10.9. The molecule has 1 N–H and O–H groups in total. The van der Waals surface area contributed by atoms with Gasteiger partial charge in [-0.2, -0.15) is 0 Å². The molecule has 0 amide bonds. The van der Waals surface area contributed by atoms with Gasteiger partial charge in [0.25, 0.3) is 0 Å². The highest BCUT2D eigenvalue weighted by Gasteiger charge is 2.20. The van der Waals surface area contributed by atoms with Gasteiger partial charge in [0.05, 0.1) is 18.1 Å². The van der Waals surface area contributed by atoms with Crippen LogP contribution in [0, 0.1) is 5.92 Å². The maximum atomic E-state index is 5.79. The van der Waals surface area contributed by atoms with Gasteiger partial charge in [0.15, 0.2) is 0 Å². The van der Waals surface area contributed by atoms with Crippen molar-refractivity contribution in [1.82, 2.24) is 10.3 Å². The Hall–Kier alpha value is -1.29. The monoisotopic (exact) mass is 247 g/mol. The molecule has 0 spiro atoms. The number of nitrogens with one attached hydrogen (secondary N) is 1. The van der Waals surface area contributed by atoms with Crippen LogP contribution in [0.2, 0.25) is 0 Å². The third kappa shape index (κ3) is 2.58. The first-order valence-corrected chi connectivity index (χ1v) is 6.87. The highest BCUT2D eigenvalue weighted by Crippen LogP contribution is 2.25. The highest BCUT2D eigenvalue weighted by molar-refractivity contribution is 5.48. The van der Waals surface area contributed by atoms with E-state index < -0.39 is 0 Å². The summed E-state index contributed by atoms with van der Waals surface area (Å²) in [4.78, 5) is 6.68. The molecule has 0 aliphatic carbocycles. The van der Waals surface area contributed by atoms with Crippen molar-refractivity contribution in [2.75, 3.05) is 31.1 Å². The Labute approximate surface area is 108 Å². The van der Waals surface area contributed by atoms with E-state index in [-0.39, 0.29) is 0 Å². The van der Waals surface area contributed by atoms with Gasteiger partial charge in [0.2, 0.25) is 0 Å². The molecule has 0 aromatic carbocycles. The number of hydrogen-bond donors (Lipinski definition) is 1. The highest BCUT2D eigenvalue weighted by atomic mass is 16.5. The van der Waals surface area contributed by atoms with E-state index in [1.807, 2.05) is 12.4 Å². The van der Waals surface area contributed by atoms with Crippen LogP contribution in [0.5, 0.6) is 5.75 Å². The van der Waals surface area contributed by atoms with Crippen LogP contribution in [0.15, 0.2) is 18.5 Å². The van der Waals surface area contributed by atoms with E-state index in [9.17, 15) is 0 Å². The molecule has 4 nitrogen and oxygen atoms in total. The lowest BCUT2D eigenvalue weighted by atomic mass is 10.1. The first kappa shape index (κ1) is 11.8. The van der Waals surface area contributed by atoms with Crippen molar-refractivity contribution in [2.24, 2.45) is 5.92 Å². The lowest BCUT2D eigenvalue weighted by Crippen LogP contribution is -2.46. The summed E-state index contributed by atoms with van der Waals surface area (Å²) in [6.45, 7) is 6.45. The zero-order valence-corrected chi connectivity index (χ0v) is 10.9. The van der Waals surface area contributed by atoms with E-state index >= 15 is 0 Å². The molecule has 2 atom stereocenters. The second-order valence-electron chi connectivity index (χ2n) is 5.47. The van der Waals surface area contributed by atoms with Crippen LogP contribution >= 0.6 is 0 Å². The third-order valence-corrected chi connectivity index (χ3v) is 3.86. The van der Waals surface area contributed by atoms with Gasteiger partial charge >= 0.3 is 0 Å². The second kappa shape index (κ2) is 5.14. The average molecular weight is 247 g/mol. The van der Waals surface area contributed by atoms with E-state index in [0.717, 1.165) is 37.9 Å². The number of nitrogens with zero attached hydrogens (tertiary/aromatic N) is 2. The summed E-state index contributed by atoms with van der Waals surface area (Å²) in [6, 6.07) is 2.64. The molecule has 0 radical (unpaired) electrons. The summed E-state index contributed by atoms with van der Waals surface area (Å²) in [7, 11) is 0. The minimum atomic E-state index is 0.528. The number of aromatic nitrogens is 1. The van der Waals surface area contributed by atoms with Crippen LogP contribution in [0.1, 0.15) is 19.8 Å². The number of ether oxygens (including phenoxy) is 1. The van der Waals surface area contributed by atoms with Crippen molar-refractivity contribution in [3.05, 3.63) is 18.5 Å². The van der Waals surface area contributed by atoms with E-state index in [2.05, 4.69) is 28.2 Å². The number of pyridine rings is 1. The van der Waals surface area contributed by atoms with Crippen LogP contribution in [0.25, 0.3) is 0 Å². The van der Waals surface area contributed by atoms with E-state index in [0.29, 0.717) is 6.04 Å². The smallest absolute Gasteiger partial charge is 0.139 e. The summed E-state index contributed by atoms with van der Waals surface area (Å²) >= 11 is 0. The Morgan fingerprint density at radius 2 is 2.33 bits per heavy atom. The second-order valence-corrected chi connectivity index (χ2v) is 5.47. The van der Waals surface area contributed by atoms with Crippen LogP contribution in [0.3, 0.4) is 0 Å². The maximum Gasteiger partial charge on any atom is 0.139 e. The molecule has 2 aliphatic rings. The largest absolute Gasteiger partial charge is 0.490 e. The quantitative estimate of drug-likeness (QED) is 0.878. The molecular formula is C14H21N3O. The first-order chi connectivity index (χ1) is 8.81. The summed E-state index contributed by atoms with van der Waals surface area (Å²) in [5.74, 6) is 1.68. The molecule has 18 heavy (non-hydrogen) atoms. The Balaban J connectivity index is 1.61. The molecule has 3 heterocycles. The number of anilines is 1. The Morgan fingerprint density at radius 3 is 3.00 bits per heavy atom. The molecule has 1 aromatic heterocycles. The first-order valence-electron chi connectivity index (χ1n) is 6.87. The predicted molar refractivity (Wildman–Crippen MR) is 72.1 cm³/mol. The Kier molecular flexibility index (Phi) is 3.37. The summed E-state index contributed by atoms with van der Waals surface area (Å²) in [5.41, 5.74) is 1.19. The fourth-order valence-electron chi connectivity index (χ4n) is 2.52. The van der Waals surface area contributed by atoms with Crippen LogP contribution in [-0.4, -0.2) is 37.3 Å². The normalized spacial score (nSPS) is 27.1. The van der Waals surface area contributed by atoms with Crippen LogP contribution < -0.4 is 15.0 Å². The molecule has 2 saturated heterocycles. The SMILES string of the molecule is CC1CCN(c2cncc(OC[C@@H]3CCN3)c2)C1. The predicted octanol–water partition coefficient (Wildman–Crippen LogP) is 1.67. The fraction of sp³-hybridized carbons (Fsp3) is 0.643. The molecule has 98 valence electrons. The van der Waals surface area contributed by atoms with Gasteiger partial charge in [-0.25, -0.2) is 0 Å². The average Bonchev–Trinajstić information content (AvgIpc) is 2.74. The zero-order chi connectivity index (χ0) is 12.4. The van der Waals surface area contributed by atoms with Gasteiger partial charge in [-0.15, -0.1) is 0 Å². The van der Waals surface area contributed by atoms with Gasteiger partial charge in [-0.1, -0.05) is 6.92 Å².